The van der Waals surface area contributed by atoms with Crippen LogP contribution in [0.4, 0.5) is 13.2 Å². The van der Waals surface area contributed by atoms with Crippen LogP contribution in [-0.4, -0.2) is 49.0 Å². The number of hydrazone groups is 1. The van der Waals surface area contributed by atoms with Crippen LogP contribution in [0.25, 0.3) is 0 Å². The monoisotopic (exact) mass is 424 g/mol. The van der Waals surface area contributed by atoms with Crippen LogP contribution in [0, 0.1) is 17.8 Å². The van der Waals surface area contributed by atoms with Crippen LogP contribution in [0.5, 0.6) is 0 Å². The average molecular weight is 424 g/mol. The highest BCUT2D eigenvalue weighted by Gasteiger charge is 2.53. The van der Waals surface area contributed by atoms with Gasteiger partial charge in [-0.15, -0.1) is 0 Å². The summed E-state index contributed by atoms with van der Waals surface area (Å²) in [5, 5.41) is 14.3. The van der Waals surface area contributed by atoms with Crippen LogP contribution in [0.15, 0.2) is 65.0 Å². The van der Waals surface area contributed by atoms with Crippen molar-refractivity contribution in [2.24, 2.45) is 22.9 Å². The van der Waals surface area contributed by atoms with Gasteiger partial charge in [-0.05, 0) is 32.1 Å². The van der Waals surface area contributed by atoms with E-state index in [1.807, 2.05) is 19.9 Å². The molecule has 1 heterocycles. The van der Waals surface area contributed by atoms with E-state index in [9.17, 15) is 18.3 Å². The number of ether oxygens (including phenoxy) is 2. The van der Waals surface area contributed by atoms with Gasteiger partial charge in [-0.1, -0.05) is 36.0 Å². The number of hydrogen-bond donors (Lipinski definition) is 2. The Morgan fingerprint density at radius 2 is 1.93 bits per heavy atom. The van der Waals surface area contributed by atoms with Crippen molar-refractivity contribution < 1.29 is 27.8 Å². The van der Waals surface area contributed by atoms with Crippen molar-refractivity contribution in [1.29, 1.82) is 0 Å². The van der Waals surface area contributed by atoms with Crippen LogP contribution in [0.1, 0.15) is 13.8 Å². The molecule has 5 nitrogen and oxygen atoms in total. The zero-order chi connectivity index (χ0) is 21.9. The largest absolute Gasteiger partial charge is 0.490 e. The molecule has 0 fully saturated rings. The molecule has 164 valence electrons. The number of nitrogens with one attached hydrogen (secondary N) is 1. The summed E-state index contributed by atoms with van der Waals surface area (Å²) in [6.07, 6.45) is 7.60. The SMILES string of the molecule is COC1C=CC=CC1C1C(C(F)(F)F)=NNC1C1C=CC(OCC=C(C)C)=CC1O. The number of rotatable bonds is 6. The Kier molecular flexibility index (Phi) is 6.88. The predicted molar refractivity (Wildman–Crippen MR) is 109 cm³/mol. The molecule has 3 rings (SSSR count). The highest BCUT2D eigenvalue weighted by Crippen LogP contribution is 2.40. The molecule has 0 aromatic heterocycles. The van der Waals surface area contributed by atoms with Gasteiger partial charge in [0.05, 0.1) is 18.2 Å². The van der Waals surface area contributed by atoms with Crippen molar-refractivity contribution >= 4 is 5.71 Å². The summed E-state index contributed by atoms with van der Waals surface area (Å²) >= 11 is 0. The molecule has 2 aliphatic carbocycles. The van der Waals surface area contributed by atoms with Gasteiger partial charge in [-0.25, -0.2) is 0 Å². The van der Waals surface area contributed by atoms with Crippen LogP contribution in [0.2, 0.25) is 0 Å². The summed E-state index contributed by atoms with van der Waals surface area (Å²) < 4.78 is 52.2. The van der Waals surface area contributed by atoms with E-state index < -0.39 is 47.9 Å². The van der Waals surface area contributed by atoms with E-state index in [-0.39, 0.29) is 0 Å². The minimum absolute atomic E-state index is 0.357. The van der Waals surface area contributed by atoms with E-state index in [0.29, 0.717) is 12.4 Å². The fraction of sp³-hybridized carbons (Fsp3) is 0.500. The number of halogens is 3. The summed E-state index contributed by atoms with van der Waals surface area (Å²) in [5.41, 5.74) is 2.86. The summed E-state index contributed by atoms with van der Waals surface area (Å²) in [5.74, 6) is -1.70. The molecule has 6 atom stereocenters. The third-order valence-corrected chi connectivity index (χ3v) is 5.51. The number of alkyl halides is 3. The number of aliphatic hydroxyl groups excluding tert-OH is 1. The maximum absolute atomic E-state index is 13.7. The van der Waals surface area contributed by atoms with E-state index in [4.69, 9.17) is 9.47 Å². The van der Waals surface area contributed by atoms with Crippen LogP contribution in [0.3, 0.4) is 0 Å². The molecule has 1 aliphatic heterocycles. The quantitative estimate of drug-likeness (QED) is 0.639. The Hall–Kier alpha value is -2.32. The van der Waals surface area contributed by atoms with Gasteiger partial charge in [0.25, 0.3) is 0 Å². The molecule has 30 heavy (non-hydrogen) atoms. The van der Waals surface area contributed by atoms with Gasteiger partial charge < -0.3 is 20.0 Å². The lowest BCUT2D eigenvalue weighted by Gasteiger charge is -2.37. The lowest BCUT2D eigenvalue weighted by Crippen LogP contribution is -2.49. The third kappa shape index (κ3) is 4.87. The first-order chi connectivity index (χ1) is 14.2. The first-order valence-electron chi connectivity index (χ1n) is 9.84. The fourth-order valence-electron chi connectivity index (χ4n) is 4.02. The lowest BCUT2D eigenvalue weighted by atomic mass is 9.72. The number of methoxy groups -OCH3 is 1. The molecule has 0 bridgehead atoms. The maximum Gasteiger partial charge on any atom is 0.431 e. The minimum atomic E-state index is -4.59. The molecule has 0 amide bonds. The highest BCUT2D eigenvalue weighted by molar-refractivity contribution is 5.94. The molecule has 0 spiro atoms. The third-order valence-electron chi connectivity index (χ3n) is 5.51. The second-order valence-corrected chi connectivity index (χ2v) is 7.81. The van der Waals surface area contributed by atoms with Crippen molar-refractivity contribution in [2.45, 2.75) is 38.3 Å². The minimum Gasteiger partial charge on any atom is -0.490 e. The molecule has 8 heteroatoms. The number of nitrogens with zero attached hydrogens (tertiary/aromatic N) is 1. The van der Waals surface area contributed by atoms with Gasteiger partial charge in [0.1, 0.15) is 18.1 Å². The van der Waals surface area contributed by atoms with Gasteiger partial charge in [-0.2, -0.15) is 18.3 Å². The molecular formula is C22H27F3N2O3. The molecule has 2 N–H and O–H groups in total. The van der Waals surface area contributed by atoms with E-state index in [2.05, 4.69) is 10.5 Å². The molecular weight excluding hydrogens is 397 g/mol. The molecule has 0 aromatic carbocycles. The van der Waals surface area contributed by atoms with E-state index >= 15 is 0 Å². The topological polar surface area (TPSA) is 63.1 Å². The average Bonchev–Trinajstić information content (AvgIpc) is 3.13. The van der Waals surface area contributed by atoms with Crippen LogP contribution < -0.4 is 5.43 Å². The lowest BCUT2D eigenvalue weighted by molar-refractivity contribution is -0.0650. The van der Waals surface area contributed by atoms with Crippen molar-refractivity contribution in [1.82, 2.24) is 5.43 Å². The van der Waals surface area contributed by atoms with Gasteiger partial charge >= 0.3 is 6.18 Å². The van der Waals surface area contributed by atoms with Gasteiger partial charge in [-0.3, -0.25) is 0 Å². The fourth-order valence-corrected chi connectivity index (χ4v) is 4.02. The molecule has 0 aromatic rings. The zero-order valence-corrected chi connectivity index (χ0v) is 17.1. The Morgan fingerprint density at radius 3 is 2.57 bits per heavy atom. The van der Waals surface area contributed by atoms with E-state index in [0.717, 1.165) is 5.57 Å². The summed E-state index contributed by atoms with van der Waals surface area (Å²) in [6, 6.07) is -0.748. The molecule has 6 unspecified atom stereocenters. The number of hydrogen-bond acceptors (Lipinski definition) is 5. The van der Waals surface area contributed by atoms with Crippen molar-refractivity contribution in [3.8, 4) is 0 Å². The maximum atomic E-state index is 13.7. The van der Waals surface area contributed by atoms with Gasteiger partial charge in [0.15, 0.2) is 0 Å². The number of allylic oxidation sites excluding steroid dienone is 4. The Morgan fingerprint density at radius 1 is 1.20 bits per heavy atom. The smallest absolute Gasteiger partial charge is 0.431 e. The normalized spacial score (nSPS) is 33.0. The van der Waals surface area contributed by atoms with E-state index in [1.165, 1.54) is 13.2 Å². The van der Waals surface area contributed by atoms with Crippen molar-refractivity contribution in [2.75, 3.05) is 13.7 Å². The van der Waals surface area contributed by atoms with Crippen LogP contribution >= 0.6 is 0 Å². The van der Waals surface area contributed by atoms with Gasteiger partial charge in [0.2, 0.25) is 0 Å². The molecule has 0 radical (unpaired) electrons. The summed E-state index contributed by atoms with van der Waals surface area (Å²) in [4.78, 5) is 0. The van der Waals surface area contributed by atoms with Gasteiger partial charge in [0, 0.05) is 24.9 Å². The summed E-state index contributed by atoms with van der Waals surface area (Å²) in [7, 11) is 1.47. The standard InChI is InChI=1S/C22H27F3N2O3/c1-13(2)10-11-30-14-8-9-15(17(28)12-14)20-19(21(27-26-20)22(23,24)25)16-6-4-5-7-18(16)29-3/h4-10,12,15-20,26,28H,11H2,1-3H3. The predicted octanol–water partition coefficient (Wildman–Crippen LogP) is 3.66. The Labute approximate surface area is 174 Å². The Bertz CT molecular complexity index is 807. The first kappa shape index (κ1) is 22.4. The molecule has 0 saturated carbocycles. The van der Waals surface area contributed by atoms with Crippen molar-refractivity contribution in [3.05, 3.63) is 59.9 Å². The second-order valence-electron chi connectivity index (χ2n) is 7.81. The van der Waals surface area contributed by atoms with Crippen LogP contribution in [-0.2, 0) is 9.47 Å². The number of aliphatic hydroxyl groups is 1. The first-order valence-corrected chi connectivity index (χ1v) is 9.84. The van der Waals surface area contributed by atoms with Crippen molar-refractivity contribution in [3.63, 3.8) is 0 Å². The Balaban J connectivity index is 1.82. The molecule has 3 aliphatic rings. The summed E-state index contributed by atoms with van der Waals surface area (Å²) in [6.45, 7) is 4.26. The second kappa shape index (κ2) is 9.22. The zero-order valence-electron chi connectivity index (χ0n) is 17.1. The van der Waals surface area contributed by atoms with E-state index in [1.54, 1.807) is 36.5 Å². The highest BCUT2D eigenvalue weighted by atomic mass is 19.4. The molecule has 0 saturated heterocycles.